The number of aryl methyl sites for hydroxylation is 1. The van der Waals surface area contributed by atoms with Crippen LogP contribution in [-0.4, -0.2) is 34.9 Å². The Balaban J connectivity index is 1.80. The monoisotopic (exact) mass is 384 g/mol. The Kier molecular flexibility index (Phi) is 5.56. The molecule has 1 aromatic heterocycles. The molecule has 0 bridgehead atoms. The van der Waals surface area contributed by atoms with E-state index in [4.69, 9.17) is 21.7 Å². The van der Waals surface area contributed by atoms with Gasteiger partial charge in [-0.1, -0.05) is 12.1 Å². The number of nitrogens with zero attached hydrogens (tertiary/aromatic N) is 2. The van der Waals surface area contributed by atoms with Gasteiger partial charge in [0.2, 0.25) is 0 Å². The van der Waals surface area contributed by atoms with Gasteiger partial charge in [-0.3, -0.25) is 14.5 Å². The lowest BCUT2D eigenvalue weighted by Gasteiger charge is -2.11. The molecule has 0 aliphatic rings. The highest BCUT2D eigenvalue weighted by atomic mass is 32.1. The van der Waals surface area contributed by atoms with E-state index in [1.54, 1.807) is 29.9 Å². The third kappa shape index (κ3) is 4.01. The van der Waals surface area contributed by atoms with Crippen molar-refractivity contribution in [2.24, 2.45) is 0 Å². The van der Waals surface area contributed by atoms with E-state index in [0.717, 1.165) is 11.3 Å². The fraction of sp³-hybridized carbons (Fsp3) is 0.211. The molecule has 0 radical (unpaired) electrons. The zero-order valence-corrected chi connectivity index (χ0v) is 16.1. The number of aromatic nitrogens is 3. The molecule has 0 spiro atoms. The highest BCUT2D eigenvalue weighted by Gasteiger charge is 2.13. The maximum atomic E-state index is 12.5. The minimum absolute atomic E-state index is 0.217. The van der Waals surface area contributed by atoms with Crippen molar-refractivity contribution in [3.05, 3.63) is 64.2 Å². The lowest BCUT2D eigenvalue weighted by atomic mass is 10.2. The number of ether oxygens (including phenoxy) is 2. The molecule has 2 N–H and O–H groups in total. The van der Waals surface area contributed by atoms with Gasteiger partial charge in [0, 0.05) is 11.3 Å². The second kappa shape index (κ2) is 8.05. The van der Waals surface area contributed by atoms with Crippen molar-refractivity contribution in [1.82, 2.24) is 20.1 Å². The van der Waals surface area contributed by atoms with Crippen molar-refractivity contribution in [3.63, 3.8) is 0 Å². The Morgan fingerprint density at radius 3 is 2.67 bits per heavy atom. The van der Waals surface area contributed by atoms with Gasteiger partial charge in [-0.15, -0.1) is 0 Å². The molecule has 8 heteroatoms. The molecule has 0 atom stereocenters. The van der Waals surface area contributed by atoms with Crippen molar-refractivity contribution in [3.8, 4) is 17.2 Å². The van der Waals surface area contributed by atoms with E-state index in [0.29, 0.717) is 27.7 Å². The molecule has 2 aromatic carbocycles. The first-order valence-electron chi connectivity index (χ1n) is 8.27. The van der Waals surface area contributed by atoms with Gasteiger partial charge in [-0.2, -0.15) is 5.10 Å². The van der Waals surface area contributed by atoms with Crippen molar-refractivity contribution < 1.29 is 14.3 Å². The topological polar surface area (TPSA) is 81.2 Å². The summed E-state index contributed by atoms with van der Waals surface area (Å²) in [5, 5.41) is 9.87. The van der Waals surface area contributed by atoms with Gasteiger partial charge in [0.25, 0.3) is 5.91 Å². The van der Waals surface area contributed by atoms with Crippen LogP contribution in [0.5, 0.6) is 11.5 Å². The minimum atomic E-state index is -0.249. The fourth-order valence-corrected chi connectivity index (χ4v) is 2.98. The number of hydrogen-bond donors (Lipinski definition) is 2. The van der Waals surface area contributed by atoms with Crippen molar-refractivity contribution in [2.45, 2.75) is 13.5 Å². The quantitative estimate of drug-likeness (QED) is 0.638. The number of benzene rings is 2. The smallest absolute Gasteiger partial charge is 0.251 e. The van der Waals surface area contributed by atoms with Crippen LogP contribution in [0.25, 0.3) is 5.69 Å². The summed E-state index contributed by atoms with van der Waals surface area (Å²) in [6, 6.07) is 12.9. The molecule has 0 aliphatic heterocycles. The predicted molar refractivity (Wildman–Crippen MR) is 104 cm³/mol. The molecule has 0 unspecified atom stereocenters. The average Bonchev–Trinajstić information content (AvgIpc) is 3.05. The normalized spacial score (nSPS) is 10.5. The van der Waals surface area contributed by atoms with Crippen LogP contribution >= 0.6 is 12.2 Å². The number of carbonyl (C=O) groups excluding carboxylic acids is 1. The number of H-pyrrole nitrogens is 1. The Labute approximate surface area is 161 Å². The minimum Gasteiger partial charge on any atom is -0.493 e. The highest BCUT2D eigenvalue weighted by Crippen LogP contribution is 2.27. The largest absolute Gasteiger partial charge is 0.493 e. The molecular weight excluding hydrogens is 364 g/mol. The van der Waals surface area contributed by atoms with E-state index >= 15 is 0 Å². The van der Waals surface area contributed by atoms with Crippen LogP contribution in [0.4, 0.5) is 0 Å². The molecule has 3 rings (SSSR count). The van der Waals surface area contributed by atoms with Crippen molar-refractivity contribution >= 4 is 18.1 Å². The number of amides is 1. The molecule has 0 saturated carbocycles. The number of carbonyl (C=O) groups is 1. The van der Waals surface area contributed by atoms with Crippen LogP contribution in [0.1, 0.15) is 21.7 Å². The molecule has 140 valence electrons. The summed E-state index contributed by atoms with van der Waals surface area (Å²) in [5.41, 5.74) is 2.46. The Morgan fingerprint density at radius 2 is 1.96 bits per heavy atom. The molecule has 0 saturated heterocycles. The molecular formula is C19H20N4O3S. The third-order valence-electron chi connectivity index (χ3n) is 4.05. The van der Waals surface area contributed by atoms with Gasteiger partial charge in [0.1, 0.15) is 0 Å². The first kappa shape index (κ1) is 18.7. The number of nitrogens with one attached hydrogen (secondary N) is 2. The number of hydrogen-bond acceptors (Lipinski definition) is 5. The van der Waals surface area contributed by atoms with E-state index in [2.05, 4.69) is 15.5 Å². The van der Waals surface area contributed by atoms with Gasteiger partial charge in [-0.05, 0) is 55.0 Å². The van der Waals surface area contributed by atoms with Crippen LogP contribution in [0.15, 0.2) is 42.5 Å². The van der Waals surface area contributed by atoms with E-state index in [1.807, 2.05) is 31.2 Å². The van der Waals surface area contributed by atoms with Crippen molar-refractivity contribution in [1.29, 1.82) is 0 Å². The van der Waals surface area contributed by atoms with Crippen LogP contribution in [-0.2, 0) is 6.54 Å². The summed E-state index contributed by atoms with van der Waals surface area (Å²) in [6.45, 7) is 2.22. The average molecular weight is 384 g/mol. The second-order valence-corrected chi connectivity index (χ2v) is 6.26. The van der Waals surface area contributed by atoms with Crippen LogP contribution in [0.3, 0.4) is 0 Å². The summed E-state index contributed by atoms with van der Waals surface area (Å²) in [4.78, 5) is 12.5. The molecule has 7 nitrogen and oxygen atoms in total. The van der Waals surface area contributed by atoms with E-state index < -0.39 is 0 Å². The van der Waals surface area contributed by atoms with Crippen LogP contribution in [0, 0.1) is 11.7 Å². The second-order valence-electron chi connectivity index (χ2n) is 5.87. The first-order valence-corrected chi connectivity index (χ1v) is 8.68. The first-order chi connectivity index (χ1) is 13.0. The van der Waals surface area contributed by atoms with E-state index in [-0.39, 0.29) is 12.5 Å². The van der Waals surface area contributed by atoms with Gasteiger partial charge in [0.15, 0.2) is 22.1 Å². The summed E-state index contributed by atoms with van der Waals surface area (Å²) < 4.78 is 12.7. The molecule has 0 aliphatic carbocycles. The SMILES string of the molecule is COc1ccc(C(=O)NCc2n[nH]c(=S)n2-c2cccc(C)c2)cc1OC. The summed E-state index contributed by atoms with van der Waals surface area (Å²) >= 11 is 5.33. The number of aromatic amines is 1. The molecule has 3 aromatic rings. The predicted octanol–water partition coefficient (Wildman–Crippen LogP) is 3.19. The Hall–Kier alpha value is -3.13. The van der Waals surface area contributed by atoms with Crippen LogP contribution in [0.2, 0.25) is 0 Å². The number of rotatable bonds is 6. The van der Waals surface area contributed by atoms with Gasteiger partial charge < -0.3 is 14.8 Å². The van der Waals surface area contributed by atoms with Crippen LogP contribution < -0.4 is 14.8 Å². The maximum Gasteiger partial charge on any atom is 0.251 e. The summed E-state index contributed by atoms with van der Waals surface area (Å²) in [5.74, 6) is 1.42. The van der Waals surface area contributed by atoms with E-state index in [9.17, 15) is 4.79 Å². The fourth-order valence-electron chi connectivity index (χ4n) is 2.72. The molecule has 0 fully saturated rings. The lowest BCUT2D eigenvalue weighted by Crippen LogP contribution is -2.24. The lowest BCUT2D eigenvalue weighted by molar-refractivity contribution is 0.0949. The van der Waals surface area contributed by atoms with Gasteiger partial charge in [0.05, 0.1) is 20.8 Å². The third-order valence-corrected chi connectivity index (χ3v) is 4.33. The Morgan fingerprint density at radius 1 is 1.19 bits per heavy atom. The van der Waals surface area contributed by atoms with E-state index in [1.165, 1.54) is 7.11 Å². The molecule has 1 amide bonds. The summed E-state index contributed by atoms with van der Waals surface area (Å²) in [6.07, 6.45) is 0. The zero-order valence-electron chi connectivity index (χ0n) is 15.3. The zero-order chi connectivity index (χ0) is 19.4. The molecule has 1 heterocycles. The molecule has 27 heavy (non-hydrogen) atoms. The van der Waals surface area contributed by atoms with Crippen molar-refractivity contribution in [2.75, 3.05) is 14.2 Å². The summed E-state index contributed by atoms with van der Waals surface area (Å²) in [7, 11) is 3.07. The number of methoxy groups -OCH3 is 2. The maximum absolute atomic E-state index is 12.5. The van der Waals surface area contributed by atoms with Gasteiger partial charge >= 0.3 is 0 Å². The highest BCUT2D eigenvalue weighted by molar-refractivity contribution is 7.71. The standard InChI is InChI=1S/C19H20N4O3S/c1-12-5-4-6-14(9-12)23-17(21-22-19(23)27)11-20-18(24)13-7-8-15(25-2)16(10-13)26-3/h4-10H,11H2,1-3H3,(H,20,24)(H,22,27). The van der Waals surface area contributed by atoms with Gasteiger partial charge in [-0.25, -0.2) is 0 Å². The Bertz CT molecular complexity index is 1030.